The van der Waals surface area contributed by atoms with Crippen LogP contribution in [0.5, 0.6) is 0 Å². The second kappa shape index (κ2) is 5.28. The molecule has 0 amide bonds. The highest BCUT2D eigenvalue weighted by Crippen LogP contribution is 2.23. The highest BCUT2D eigenvalue weighted by Gasteiger charge is 2.21. The zero-order valence-corrected chi connectivity index (χ0v) is 11.5. The van der Waals surface area contributed by atoms with E-state index in [2.05, 4.69) is 14.9 Å². The fourth-order valence-corrected chi connectivity index (χ4v) is 3.32. The maximum atomic E-state index is 12.9. The number of sulfonamides is 1. The van der Waals surface area contributed by atoms with Gasteiger partial charge in [-0.25, -0.2) is 17.5 Å². The first-order valence-electron chi connectivity index (χ1n) is 5.36. The molecule has 0 aliphatic rings. The second-order valence-corrected chi connectivity index (χ2v) is 6.04. The SMILES string of the molecule is CC(NS(=O)(=O)c1ccc(F)cc1Cl)c1cn[nH]c1. The number of aromatic amines is 1. The number of nitrogens with zero attached hydrogens (tertiary/aromatic N) is 1. The molecule has 2 N–H and O–H groups in total. The summed E-state index contributed by atoms with van der Waals surface area (Å²) in [6, 6.07) is 2.65. The monoisotopic (exact) mass is 303 g/mol. The third-order valence-electron chi connectivity index (χ3n) is 2.53. The smallest absolute Gasteiger partial charge is 0.242 e. The minimum absolute atomic E-state index is 0.160. The number of halogens is 2. The molecule has 0 aliphatic carbocycles. The number of H-pyrrole nitrogens is 1. The Bertz CT molecular complexity index is 673. The number of hydrogen-bond acceptors (Lipinski definition) is 3. The maximum absolute atomic E-state index is 12.9. The van der Waals surface area contributed by atoms with Gasteiger partial charge in [-0.15, -0.1) is 0 Å². The van der Waals surface area contributed by atoms with E-state index in [-0.39, 0.29) is 9.92 Å². The summed E-state index contributed by atoms with van der Waals surface area (Å²) < 4.78 is 39.6. The summed E-state index contributed by atoms with van der Waals surface area (Å²) in [7, 11) is -3.82. The van der Waals surface area contributed by atoms with Crippen molar-refractivity contribution in [2.75, 3.05) is 0 Å². The number of nitrogens with one attached hydrogen (secondary N) is 2. The van der Waals surface area contributed by atoms with Crippen molar-refractivity contribution in [3.05, 3.63) is 47.0 Å². The Morgan fingerprint density at radius 3 is 2.79 bits per heavy atom. The first-order chi connectivity index (χ1) is 8.90. The van der Waals surface area contributed by atoms with Crippen molar-refractivity contribution in [3.63, 3.8) is 0 Å². The lowest BCUT2D eigenvalue weighted by molar-refractivity contribution is 0.566. The fourth-order valence-electron chi connectivity index (χ4n) is 1.56. The summed E-state index contributed by atoms with van der Waals surface area (Å²) >= 11 is 5.74. The van der Waals surface area contributed by atoms with E-state index in [1.807, 2.05) is 0 Å². The van der Waals surface area contributed by atoms with Crippen LogP contribution in [0.2, 0.25) is 5.02 Å². The van der Waals surface area contributed by atoms with Gasteiger partial charge in [0.05, 0.1) is 11.2 Å². The molecule has 0 bridgehead atoms. The molecule has 2 rings (SSSR count). The van der Waals surface area contributed by atoms with Crippen LogP contribution in [0.1, 0.15) is 18.5 Å². The Hall–Kier alpha value is -1.44. The molecule has 5 nitrogen and oxygen atoms in total. The molecule has 1 aromatic heterocycles. The number of rotatable bonds is 4. The minimum atomic E-state index is -3.82. The lowest BCUT2D eigenvalue weighted by atomic mass is 10.2. The van der Waals surface area contributed by atoms with Crippen molar-refractivity contribution in [2.45, 2.75) is 17.9 Å². The van der Waals surface area contributed by atoms with E-state index < -0.39 is 21.9 Å². The number of aromatic nitrogens is 2. The Morgan fingerprint density at radius 1 is 1.47 bits per heavy atom. The van der Waals surface area contributed by atoms with E-state index in [1.54, 1.807) is 13.1 Å². The van der Waals surface area contributed by atoms with Gasteiger partial charge in [-0.05, 0) is 25.1 Å². The largest absolute Gasteiger partial charge is 0.285 e. The van der Waals surface area contributed by atoms with Gasteiger partial charge in [-0.3, -0.25) is 5.10 Å². The zero-order valence-electron chi connectivity index (χ0n) is 9.89. The lowest BCUT2D eigenvalue weighted by Crippen LogP contribution is -2.27. The van der Waals surface area contributed by atoms with Crippen LogP contribution in [0.4, 0.5) is 4.39 Å². The van der Waals surface area contributed by atoms with E-state index in [0.29, 0.717) is 5.56 Å². The Kier molecular flexibility index (Phi) is 3.88. The predicted octanol–water partition coefficient (Wildman–Crippen LogP) is 2.24. The summed E-state index contributed by atoms with van der Waals surface area (Å²) in [6.45, 7) is 1.67. The fraction of sp³-hybridized carbons (Fsp3) is 0.182. The summed E-state index contributed by atoms with van der Waals surface area (Å²) in [4.78, 5) is -0.161. The van der Waals surface area contributed by atoms with Gasteiger partial charge in [-0.2, -0.15) is 5.10 Å². The molecular formula is C11H11ClFN3O2S. The van der Waals surface area contributed by atoms with Crippen LogP contribution in [0.3, 0.4) is 0 Å². The molecule has 19 heavy (non-hydrogen) atoms. The van der Waals surface area contributed by atoms with Gasteiger partial charge in [0.1, 0.15) is 10.7 Å². The molecule has 0 fully saturated rings. The number of hydrogen-bond donors (Lipinski definition) is 2. The van der Waals surface area contributed by atoms with Gasteiger partial charge in [0.15, 0.2) is 0 Å². The summed E-state index contributed by atoms with van der Waals surface area (Å²) in [5, 5.41) is 6.17. The van der Waals surface area contributed by atoms with E-state index in [0.717, 1.165) is 18.2 Å². The molecule has 0 radical (unpaired) electrons. The van der Waals surface area contributed by atoms with Crippen LogP contribution < -0.4 is 4.72 Å². The highest BCUT2D eigenvalue weighted by atomic mass is 35.5. The van der Waals surface area contributed by atoms with Crippen LogP contribution in [0, 0.1) is 5.82 Å². The highest BCUT2D eigenvalue weighted by molar-refractivity contribution is 7.89. The molecule has 1 unspecified atom stereocenters. The van der Waals surface area contributed by atoms with Crippen molar-refractivity contribution < 1.29 is 12.8 Å². The maximum Gasteiger partial charge on any atom is 0.242 e. The van der Waals surface area contributed by atoms with Crippen molar-refractivity contribution in [1.82, 2.24) is 14.9 Å². The molecule has 102 valence electrons. The van der Waals surface area contributed by atoms with Gasteiger partial charge in [-0.1, -0.05) is 11.6 Å². The molecule has 0 spiro atoms. The van der Waals surface area contributed by atoms with Crippen molar-refractivity contribution in [2.24, 2.45) is 0 Å². The van der Waals surface area contributed by atoms with Gasteiger partial charge in [0.2, 0.25) is 10.0 Å². The Morgan fingerprint density at radius 2 is 2.21 bits per heavy atom. The first kappa shape index (κ1) is 14.0. The van der Waals surface area contributed by atoms with Gasteiger partial charge < -0.3 is 0 Å². The zero-order chi connectivity index (χ0) is 14.0. The van der Waals surface area contributed by atoms with Crippen LogP contribution in [-0.2, 0) is 10.0 Å². The molecule has 0 saturated heterocycles. The van der Waals surface area contributed by atoms with E-state index in [1.165, 1.54) is 6.20 Å². The second-order valence-electron chi connectivity index (χ2n) is 3.95. The molecule has 1 heterocycles. The van der Waals surface area contributed by atoms with Crippen LogP contribution in [0.25, 0.3) is 0 Å². The van der Waals surface area contributed by atoms with Crippen LogP contribution in [0.15, 0.2) is 35.5 Å². The molecule has 0 saturated carbocycles. The normalized spacial score (nSPS) is 13.4. The Labute approximate surface area is 114 Å². The van der Waals surface area contributed by atoms with E-state index in [4.69, 9.17) is 11.6 Å². The van der Waals surface area contributed by atoms with Crippen LogP contribution in [-0.4, -0.2) is 18.6 Å². The van der Waals surface area contributed by atoms with Gasteiger partial charge in [0, 0.05) is 17.8 Å². The molecule has 1 aromatic carbocycles. The quantitative estimate of drug-likeness (QED) is 0.909. The molecule has 8 heteroatoms. The third-order valence-corrected chi connectivity index (χ3v) is 4.56. The first-order valence-corrected chi connectivity index (χ1v) is 7.22. The predicted molar refractivity (Wildman–Crippen MR) is 68.7 cm³/mol. The molecule has 2 aromatic rings. The van der Waals surface area contributed by atoms with Gasteiger partial charge in [0.25, 0.3) is 0 Å². The van der Waals surface area contributed by atoms with Crippen LogP contribution >= 0.6 is 11.6 Å². The Balaban J connectivity index is 2.28. The average molecular weight is 304 g/mol. The molecular weight excluding hydrogens is 293 g/mol. The van der Waals surface area contributed by atoms with Crippen molar-refractivity contribution >= 4 is 21.6 Å². The van der Waals surface area contributed by atoms with Crippen molar-refractivity contribution in [1.29, 1.82) is 0 Å². The molecule has 0 aliphatic heterocycles. The van der Waals surface area contributed by atoms with E-state index in [9.17, 15) is 12.8 Å². The lowest BCUT2D eigenvalue weighted by Gasteiger charge is -2.13. The third kappa shape index (κ3) is 3.12. The topological polar surface area (TPSA) is 74.8 Å². The minimum Gasteiger partial charge on any atom is -0.285 e. The molecule has 1 atom stereocenters. The van der Waals surface area contributed by atoms with E-state index >= 15 is 0 Å². The average Bonchev–Trinajstić information content (AvgIpc) is 2.80. The van der Waals surface area contributed by atoms with Gasteiger partial charge >= 0.3 is 0 Å². The summed E-state index contributed by atoms with van der Waals surface area (Å²) in [5.41, 5.74) is 0.682. The number of benzene rings is 1. The van der Waals surface area contributed by atoms with Crippen molar-refractivity contribution in [3.8, 4) is 0 Å². The standard InChI is InChI=1S/C11H11ClFN3O2S/c1-7(8-5-14-15-6-8)16-19(17,18)11-3-2-9(13)4-10(11)12/h2-7,16H,1H3,(H,14,15). The summed E-state index contributed by atoms with van der Waals surface area (Å²) in [5.74, 6) is -0.591. The summed E-state index contributed by atoms with van der Waals surface area (Å²) in [6.07, 6.45) is 3.10.